The Morgan fingerprint density at radius 2 is 1.27 bits per heavy atom. The predicted octanol–water partition coefficient (Wildman–Crippen LogP) is -0.231. The molecule has 4 amide bonds. The van der Waals surface area contributed by atoms with Crippen molar-refractivity contribution in [3.63, 3.8) is 0 Å². The van der Waals surface area contributed by atoms with Crippen molar-refractivity contribution in [3.8, 4) is 5.75 Å². The smallest absolute Gasteiger partial charge is 0.326 e. The van der Waals surface area contributed by atoms with Crippen LogP contribution in [0.25, 0.3) is 0 Å². The molecule has 0 aliphatic carbocycles. The Hall–Kier alpha value is -3.67. The standard InChI is InChI=1S/C25H39N5O7/c1-13(2)9-17(26)22(33)28-18(10-14(3)4)23(34)29-19(12-21(27)32)24(35)30-20(25(36)37)11-15-5-7-16(31)8-6-15/h5-8,13-14,17-20,31H,9-12,26H2,1-4H3,(H2,27,32)(H,28,33)(H,29,34)(H,30,35)(H,36,37). The van der Waals surface area contributed by atoms with Gasteiger partial charge in [0.1, 0.15) is 23.9 Å². The van der Waals surface area contributed by atoms with E-state index in [1.165, 1.54) is 24.3 Å². The number of carbonyl (C=O) groups is 5. The van der Waals surface area contributed by atoms with E-state index in [1.54, 1.807) is 0 Å². The minimum atomic E-state index is -1.47. The van der Waals surface area contributed by atoms with E-state index in [0.29, 0.717) is 12.0 Å². The summed E-state index contributed by atoms with van der Waals surface area (Å²) in [5, 5.41) is 26.3. The number of carboxylic acid groups (broad SMARTS) is 1. The van der Waals surface area contributed by atoms with Crippen molar-refractivity contribution in [2.75, 3.05) is 0 Å². The molecule has 0 aliphatic rings. The second kappa shape index (κ2) is 14.8. The normalized spacial score (nSPS) is 14.4. The van der Waals surface area contributed by atoms with Crippen LogP contribution in [0.3, 0.4) is 0 Å². The zero-order valence-corrected chi connectivity index (χ0v) is 21.7. The number of rotatable bonds is 15. The molecule has 0 radical (unpaired) electrons. The first kappa shape index (κ1) is 31.4. The molecule has 0 heterocycles. The lowest BCUT2D eigenvalue weighted by molar-refractivity contribution is -0.142. The van der Waals surface area contributed by atoms with Gasteiger partial charge in [0.05, 0.1) is 12.5 Å². The van der Waals surface area contributed by atoms with E-state index >= 15 is 0 Å². The summed E-state index contributed by atoms with van der Waals surface area (Å²) in [6.07, 6.45) is -0.0572. The number of hydrogen-bond donors (Lipinski definition) is 7. The molecule has 12 nitrogen and oxygen atoms in total. The van der Waals surface area contributed by atoms with Crippen LogP contribution in [0.2, 0.25) is 0 Å². The van der Waals surface area contributed by atoms with Gasteiger partial charge in [0, 0.05) is 6.42 Å². The molecule has 0 saturated heterocycles. The molecule has 0 aromatic heterocycles. The number of phenolic OH excluding ortho intramolecular Hbond substituents is 1. The summed E-state index contributed by atoms with van der Waals surface area (Å²) >= 11 is 0. The number of primary amides is 1. The van der Waals surface area contributed by atoms with Crippen molar-refractivity contribution in [1.29, 1.82) is 0 Å². The van der Waals surface area contributed by atoms with Crippen molar-refractivity contribution >= 4 is 29.6 Å². The molecule has 0 spiro atoms. The van der Waals surface area contributed by atoms with Crippen molar-refractivity contribution < 1.29 is 34.2 Å². The first-order valence-electron chi connectivity index (χ1n) is 12.1. The highest BCUT2D eigenvalue weighted by Gasteiger charge is 2.31. The molecule has 1 aromatic rings. The third-order valence-electron chi connectivity index (χ3n) is 5.43. The summed E-state index contributed by atoms with van der Waals surface area (Å²) in [7, 11) is 0. The maximum Gasteiger partial charge on any atom is 0.326 e. The van der Waals surface area contributed by atoms with E-state index < -0.39 is 60.2 Å². The van der Waals surface area contributed by atoms with Gasteiger partial charge in [-0.2, -0.15) is 0 Å². The lowest BCUT2D eigenvalue weighted by Crippen LogP contribution is -2.58. The van der Waals surface area contributed by atoms with Crippen LogP contribution < -0.4 is 27.4 Å². The first-order chi connectivity index (χ1) is 17.2. The van der Waals surface area contributed by atoms with Crippen molar-refractivity contribution in [1.82, 2.24) is 16.0 Å². The molecular formula is C25H39N5O7. The van der Waals surface area contributed by atoms with E-state index in [9.17, 15) is 34.2 Å². The highest BCUT2D eigenvalue weighted by Crippen LogP contribution is 2.12. The summed E-state index contributed by atoms with van der Waals surface area (Å²) in [6, 6.07) is 1.04. The van der Waals surface area contributed by atoms with Gasteiger partial charge >= 0.3 is 5.97 Å². The average Bonchev–Trinajstić information content (AvgIpc) is 2.77. The van der Waals surface area contributed by atoms with Crippen LogP contribution in [0.4, 0.5) is 0 Å². The molecule has 206 valence electrons. The number of aliphatic carboxylic acids is 1. The second-order valence-electron chi connectivity index (χ2n) is 9.93. The molecule has 0 aliphatic heterocycles. The number of amides is 4. The van der Waals surface area contributed by atoms with E-state index in [2.05, 4.69) is 16.0 Å². The minimum Gasteiger partial charge on any atom is -0.508 e. The summed E-state index contributed by atoms with van der Waals surface area (Å²) in [5.41, 5.74) is 11.7. The van der Waals surface area contributed by atoms with E-state index in [-0.39, 0.29) is 30.4 Å². The van der Waals surface area contributed by atoms with Crippen LogP contribution in [0.5, 0.6) is 5.75 Å². The first-order valence-corrected chi connectivity index (χ1v) is 12.1. The largest absolute Gasteiger partial charge is 0.508 e. The van der Waals surface area contributed by atoms with E-state index in [4.69, 9.17) is 11.5 Å². The fourth-order valence-electron chi connectivity index (χ4n) is 3.62. The molecule has 4 unspecified atom stereocenters. The lowest BCUT2D eigenvalue weighted by Gasteiger charge is -2.26. The number of carboxylic acids is 1. The van der Waals surface area contributed by atoms with Gasteiger partial charge in [-0.25, -0.2) is 4.79 Å². The Labute approximate surface area is 216 Å². The number of carbonyl (C=O) groups excluding carboxylic acids is 4. The third-order valence-corrected chi connectivity index (χ3v) is 5.43. The highest BCUT2D eigenvalue weighted by atomic mass is 16.4. The lowest BCUT2D eigenvalue weighted by atomic mass is 10.00. The molecule has 1 aromatic carbocycles. The van der Waals surface area contributed by atoms with E-state index in [0.717, 1.165) is 0 Å². The SMILES string of the molecule is CC(C)CC(N)C(=O)NC(CC(C)C)C(=O)NC(CC(N)=O)C(=O)NC(Cc1ccc(O)cc1)C(=O)O. The van der Waals surface area contributed by atoms with Crippen LogP contribution in [0, 0.1) is 11.8 Å². The molecule has 4 atom stereocenters. The molecule has 1 rings (SSSR count). The van der Waals surface area contributed by atoms with Crippen molar-refractivity contribution in [3.05, 3.63) is 29.8 Å². The number of hydrogen-bond acceptors (Lipinski definition) is 7. The van der Waals surface area contributed by atoms with Gasteiger partial charge in [-0.05, 0) is 42.4 Å². The Morgan fingerprint density at radius 3 is 1.76 bits per heavy atom. The Balaban J connectivity index is 3.02. The molecule has 12 heteroatoms. The van der Waals surface area contributed by atoms with Crippen molar-refractivity contribution in [2.45, 2.75) is 77.5 Å². The van der Waals surface area contributed by atoms with Gasteiger partial charge in [0.25, 0.3) is 0 Å². The van der Waals surface area contributed by atoms with Crippen molar-refractivity contribution in [2.24, 2.45) is 23.3 Å². The summed E-state index contributed by atoms with van der Waals surface area (Å²) in [6.45, 7) is 7.50. The van der Waals surface area contributed by atoms with Gasteiger partial charge in [0.15, 0.2) is 0 Å². The second-order valence-corrected chi connectivity index (χ2v) is 9.93. The number of phenols is 1. The monoisotopic (exact) mass is 521 g/mol. The van der Waals surface area contributed by atoms with Gasteiger partial charge in [0.2, 0.25) is 23.6 Å². The van der Waals surface area contributed by atoms with Gasteiger partial charge < -0.3 is 37.6 Å². The molecule has 0 saturated carbocycles. The highest BCUT2D eigenvalue weighted by molar-refractivity contribution is 5.96. The Kier molecular flexibility index (Phi) is 12.5. The van der Waals surface area contributed by atoms with Crippen LogP contribution >= 0.6 is 0 Å². The maximum atomic E-state index is 13.1. The molecular weight excluding hydrogens is 482 g/mol. The van der Waals surface area contributed by atoms with Crippen LogP contribution in [0.15, 0.2) is 24.3 Å². The molecule has 37 heavy (non-hydrogen) atoms. The number of nitrogens with one attached hydrogen (secondary N) is 3. The third kappa shape index (κ3) is 11.7. The van der Waals surface area contributed by atoms with Crippen LogP contribution in [-0.4, -0.2) is 64.0 Å². The number of benzene rings is 1. The fraction of sp³-hybridized carbons (Fsp3) is 0.560. The van der Waals surface area contributed by atoms with Crippen LogP contribution in [-0.2, 0) is 30.4 Å². The zero-order valence-electron chi connectivity index (χ0n) is 21.7. The molecule has 9 N–H and O–H groups in total. The topological polar surface area (TPSA) is 214 Å². The summed E-state index contributed by atoms with van der Waals surface area (Å²) in [4.78, 5) is 61.9. The molecule has 0 bridgehead atoms. The number of nitrogens with two attached hydrogens (primary N) is 2. The maximum absolute atomic E-state index is 13.1. The van der Waals surface area contributed by atoms with E-state index in [1.807, 2.05) is 27.7 Å². The Bertz CT molecular complexity index is 949. The van der Waals surface area contributed by atoms with Gasteiger partial charge in [-0.3, -0.25) is 19.2 Å². The zero-order chi connectivity index (χ0) is 28.3. The fourth-order valence-corrected chi connectivity index (χ4v) is 3.62. The average molecular weight is 522 g/mol. The minimum absolute atomic E-state index is 0.00269. The van der Waals surface area contributed by atoms with Crippen LogP contribution in [0.1, 0.15) is 52.5 Å². The summed E-state index contributed by atoms with van der Waals surface area (Å²) < 4.78 is 0. The number of aromatic hydroxyl groups is 1. The Morgan fingerprint density at radius 1 is 0.784 bits per heavy atom. The quantitative estimate of drug-likeness (QED) is 0.163. The van der Waals surface area contributed by atoms with Gasteiger partial charge in [-0.15, -0.1) is 0 Å². The summed E-state index contributed by atoms with van der Waals surface area (Å²) in [5.74, 6) is -4.27. The van der Waals surface area contributed by atoms with Gasteiger partial charge in [-0.1, -0.05) is 39.8 Å². The molecule has 0 fully saturated rings. The predicted molar refractivity (Wildman–Crippen MR) is 136 cm³/mol.